The van der Waals surface area contributed by atoms with E-state index in [0.29, 0.717) is 16.7 Å². The van der Waals surface area contributed by atoms with Crippen LogP contribution >= 0.6 is 22.7 Å². The first-order valence-electron chi connectivity index (χ1n) is 6.74. The van der Waals surface area contributed by atoms with E-state index in [1.165, 1.54) is 6.07 Å². The Bertz CT molecular complexity index is 996. The Morgan fingerprint density at radius 2 is 1.57 bits per heavy atom. The molecular weight excluding hydrogens is 330 g/mol. The van der Waals surface area contributed by atoms with Gasteiger partial charge in [-0.3, -0.25) is 10.1 Å². The zero-order valence-corrected chi connectivity index (χ0v) is 13.3. The van der Waals surface area contributed by atoms with E-state index in [1.54, 1.807) is 34.8 Å². The topological polar surface area (TPSA) is 68.9 Å². The number of para-hydroxylation sites is 1. The number of aromatic nitrogens is 2. The second-order valence-corrected chi connectivity index (χ2v) is 6.41. The normalized spacial score (nSPS) is 11.0. The number of rotatable bonds is 3. The molecule has 0 aliphatic rings. The molecule has 0 saturated heterocycles. The van der Waals surface area contributed by atoms with Crippen molar-refractivity contribution in [3.05, 3.63) is 62.0 Å². The quantitative estimate of drug-likeness (QED) is 0.389. The van der Waals surface area contributed by atoms with Gasteiger partial charge in [0.25, 0.3) is 5.69 Å². The van der Waals surface area contributed by atoms with Crippen LogP contribution < -0.4 is 0 Å². The number of nitro benzene ring substituents is 1. The number of hydrogen-bond acceptors (Lipinski definition) is 6. The molecular formula is C16H9N3O2S2. The second-order valence-electron chi connectivity index (χ2n) is 4.85. The highest BCUT2D eigenvalue weighted by Crippen LogP contribution is 2.34. The predicted molar refractivity (Wildman–Crippen MR) is 92.8 cm³/mol. The Hall–Kier alpha value is -2.64. The van der Waals surface area contributed by atoms with Gasteiger partial charge in [-0.1, -0.05) is 6.07 Å². The Balaban J connectivity index is 2.08. The van der Waals surface area contributed by atoms with Crippen molar-refractivity contribution in [3.8, 4) is 22.5 Å². The van der Waals surface area contributed by atoms with E-state index in [-0.39, 0.29) is 5.69 Å². The molecule has 0 aliphatic carbocycles. The molecule has 4 rings (SSSR count). The third-order valence-electron chi connectivity index (χ3n) is 3.46. The summed E-state index contributed by atoms with van der Waals surface area (Å²) in [5.41, 5.74) is 4.13. The minimum Gasteiger partial charge on any atom is -0.258 e. The Morgan fingerprint density at radius 1 is 0.913 bits per heavy atom. The van der Waals surface area contributed by atoms with Gasteiger partial charge >= 0.3 is 0 Å². The maximum atomic E-state index is 11.3. The maximum Gasteiger partial charge on any atom is 0.297 e. The minimum atomic E-state index is -0.418. The lowest BCUT2D eigenvalue weighted by atomic mass is 10.1. The van der Waals surface area contributed by atoms with Crippen molar-refractivity contribution in [2.75, 3.05) is 0 Å². The molecule has 7 heteroatoms. The molecule has 0 saturated carbocycles. The van der Waals surface area contributed by atoms with Crippen molar-refractivity contribution in [3.63, 3.8) is 0 Å². The summed E-state index contributed by atoms with van der Waals surface area (Å²) in [4.78, 5) is 20.1. The van der Waals surface area contributed by atoms with Crippen LogP contribution in [0.4, 0.5) is 5.69 Å². The fraction of sp³-hybridized carbons (Fsp3) is 0. The summed E-state index contributed by atoms with van der Waals surface area (Å²) < 4.78 is 0. The molecule has 4 aromatic rings. The van der Waals surface area contributed by atoms with Crippen LogP contribution in [0.2, 0.25) is 0 Å². The highest BCUT2D eigenvalue weighted by Gasteiger charge is 2.19. The van der Waals surface area contributed by atoms with Gasteiger partial charge in [-0.05, 0) is 29.0 Å². The smallest absolute Gasteiger partial charge is 0.258 e. The third-order valence-corrected chi connectivity index (χ3v) is 4.83. The van der Waals surface area contributed by atoms with E-state index < -0.39 is 4.92 Å². The Labute approximate surface area is 139 Å². The maximum absolute atomic E-state index is 11.3. The van der Waals surface area contributed by atoms with Gasteiger partial charge in [-0.15, -0.1) is 0 Å². The molecule has 0 unspecified atom stereocenters. The van der Waals surface area contributed by atoms with Crippen LogP contribution in [0.1, 0.15) is 0 Å². The zero-order valence-electron chi connectivity index (χ0n) is 11.7. The van der Waals surface area contributed by atoms with Gasteiger partial charge in [0.05, 0.1) is 21.8 Å². The lowest BCUT2D eigenvalue weighted by Gasteiger charge is -2.08. The van der Waals surface area contributed by atoms with E-state index >= 15 is 0 Å². The number of thiophene rings is 2. The van der Waals surface area contributed by atoms with Gasteiger partial charge in [0.2, 0.25) is 0 Å². The lowest BCUT2D eigenvalue weighted by molar-refractivity contribution is -0.383. The molecule has 0 bridgehead atoms. The SMILES string of the molecule is O=[N+]([O-])c1cccc2nc(-c3ccsc3)c(-c3ccsc3)nc12. The van der Waals surface area contributed by atoms with Crippen LogP contribution in [-0.4, -0.2) is 14.9 Å². The number of non-ortho nitro benzene ring substituents is 1. The molecule has 0 spiro atoms. The van der Waals surface area contributed by atoms with Crippen LogP contribution in [0.15, 0.2) is 51.9 Å². The predicted octanol–water partition coefficient (Wildman–Crippen LogP) is 5.00. The summed E-state index contributed by atoms with van der Waals surface area (Å²) in [6.07, 6.45) is 0. The molecule has 3 aromatic heterocycles. The average Bonchev–Trinajstić information content (AvgIpc) is 3.26. The largest absolute Gasteiger partial charge is 0.297 e. The molecule has 0 N–H and O–H groups in total. The fourth-order valence-corrected chi connectivity index (χ4v) is 3.69. The summed E-state index contributed by atoms with van der Waals surface area (Å²) >= 11 is 3.14. The molecule has 112 valence electrons. The standard InChI is InChI=1S/C16H9N3O2S2/c20-19(21)13-3-1-2-12-16(13)18-15(11-5-7-23-9-11)14(17-12)10-4-6-22-8-10/h1-9H. The number of hydrogen-bond donors (Lipinski definition) is 0. The van der Waals surface area contributed by atoms with E-state index in [0.717, 1.165) is 16.8 Å². The van der Waals surface area contributed by atoms with Gasteiger partial charge in [-0.25, -0.2) is 9.97 Å². The van der Waals surface area contributed by atoms with Crippen molar-refractivity contribution in [1.82, 2.24) is 9.97 Å². The molecule has 0 amide bonds. The van der Waals surface area contributed by atoms with Crippen molar-refractivity contribution in [2.45, 2.75) is 0 Å². The van der Waals surface area contributed by atoms with Gasteiger partial charge in [0, 0.05) is 28.0 Å². The van der Waals surface area contributed by atoms with Gasteiger partial charge in [-0.2, -0.15) is 22.7 Å². The number of benzene rings is 1. The third kappa shape index (κ3) is 2.39. The molecule has 0 atom stereocenters. The molecule has 3 heterocycles. The number of fused-ring (bicyclic) bond motifs is 1. The monoisotopic (exact) mass is 339 g/mol. The highest BCUT2D eigenvalue weighted by molar-refractivity contribution is 7.08. The zero-order chi connectivity index (χ0) is 15.8. The molecule has 1 aromatic carbocycles. The molecule has 5 nitrogen and oxygen atoms in total. The van der Waals surface area contributed by atoms with Crippen molar-refractivity contribution in [2.24, 2.45) is 0 Å². The fourth-order valence-electron chi connectivity index (χ4n) is 2.41. The van der Waals surface area contributed by atoms with Crippen molar-refractivity contribution < 1.29 is 4.92 Å². The number of nitrogens with zero attached hydrogens (tertiary/aromatic N) is 3. The first-order chi connectivity index (χ1) is 11.2. The van der Waals surface area contributed by atoms with E-state index in [1.807, 2.05) is 33.7 Å². The molecule has 23 heavy (non-hydrogen) atoms. The van der Waals surface area contributed by atoms with Gasteiger partial charge in [0.15, 0.2) is 5.52 Å². The summed E-state index contributed by atoms with van der Waals surface area (Å²) in [5, 5.41) is 19.2. The number of nitro groups is 1. The van der Waals surface area contributed by atoms with Crippen LogP contribution in [0.3, 0.4) is 0 Å². The molecule has 0 radical (unpaired) electrons. The highest BCUT2D eigenvalue weighted by atomic mass is 32.1. The van der Waals surface area contributed by atoms with E-state index in [2.05, 4.69) is 9.97 Å². The summed E-state index contributed by atoms with van der Waals surface area (Å²) in [6.45, 7) is 0. The van der Waals surface area contributed by atoms with Crippen molar-refractivity contribution >= 4 is 39.4 Å². The second kappa shape index (κ2) is 5.53. The molecule has 0 aliphatic heterocycles. The Kier molecular flexibility index (Phi) is 3.36. The van der Waals surface area contributed by atoms with Crippen LogP contribution in [0.25, 0.3) is 33.5 Å². The summed E-state index contributed by atoms with van der Waals surface area (Å²) in [7, 11) is 0. The van der Waals surface area contributed by atoms with Crippen LogP contribution in [-0.2, 0) is 0 Å². The van der Waals surface area contributed by atoms with Crippen molar-refractivity contribution in [1.29, 1.82) is 0 Å². The van der Waals surface area contributed by atoms with E-state index in [4.69, 9.17) is 0 Å². The summed E-state index contributed by atoms with van der Waals surface area (Å²) in [5.74, 6) is 0. The van der Waals surface area contributed by atoms with Crippen LogP contribution in [0.5, 0.6) is 0 Å². The lowest BCUT2D eigenvalue weighted by Crippen LogP contribution is -1.97. The van der Waals surface area contributed by atoms with Crippen LogP contribution in [0, 0.1) is 10.1 Å². The first kappa shape index (κ1) is 14.0. The summed E-state index contributed by atoms with van der Waals surface area (Å²) in [6, 6.07) is 8.77. The molecule has 0 fully saturated rings. The average molecular weight is 339 g/mol. The minimum absolute atomic E-state index is 0.0247. The van der Waals surface area contributed by atoms with Gasteiger partial charge < -0.3 is 0 Å². The first-order valence-corrected chi connectivity index (χ1v) is 8.63. The Morgan fingerprint density at radius 3 is 2.13 bits per heavy atom. The van der Waals surface area contributed by atoms with E-state index in [9.17, 15) is 10.1 Å². The van der Waals surface area contributed by atoms with Gasteiger partial charge in [0.1, 0.15) is 0 Å².